The number of aryl methyl sites for hydroxylation is 2. The lowest BCUT2D eigenvalue weighted by atomic mass is 10.0. The van der Waals surface area contributed by atoms with E-state index in [4.69, 9.17) is 23.2 Å². The van der Waals surface area contributed by atoms with Crippen LogP contribution in [0.4, 0.5) is 0 Å². The summed E-state index contributed by atoms with van der Waals surface area (Å²) in [6, 6.07) is 10.5. The maximum atomic E-state index is 13.2. The molecule has 0 aliphatic heterocycles. The Bertz CT molecular complexity index is 876. The Kier molecular flexibility index (Phi) is 8.12. The van der Waals surface area contributed by atoms with Gasteiger partial charge in [-0.2, -0.15) is 0 Å². The van der Waals surface area contributed by atoms with Gasteiger partial charge in [0.1, 0.15) is 6.04 Å². The van der Waals surface area contributed by atoms with Crippen molar-refractivity contribution in [3.05, 3.63) is 68.7 Å². The minimum Gasteiger partial charge on any atom is -0.352 e. The minimum atomic E-state index is -0.663. The van der Waals surface area contributed by atoms with Gasteiger partial charge < -0.3 is 10.2 Å². The molecule has 0 spiro atoms. The number of carbonyl (C=O) groups excluding carboxylic acids is 2. The zero-order chi connectivity index (χ0) is 21.7. The van der Waals surface area contributed by atoms with E-state index in [9.17, 15) is 9.59 Å². The van der Waals surface area contributed by atoms with Crippen molar-refractivity contribution in [2.24, 2.45) is 0 Å². The first-order chi connectivity index (χ1) is 13.6. The van der Waals surface area contributed by atoms with E-state index in [1.807, 2.05) is 45.9 Å². The number of hydrogen-bond donors (Lipinski definition) is 1. The van der Waals surface area contributed by atoms with Crippen LogP contribution in [0.25, 0.3) is 0 Å². The van der Waals surface area contributed by atoms with E-state index in [2.05, 4.69) is 5.32 Å². The van der Waals surface area contributed by atoms with Gasteiger partial charge in [-0.1, -0.05) is 47.5 Å². The van der Waals surface area contributed by atoms with Gasteiger partial charge in [0.25, 0.3) is 0 Å². The highest BCUT2D eigenvalue weighted by Crippen LogP contribution is 2.27. The summed E-state index contributed by atoms with van der Waals surface area (Å²) in [4.78, 5) is 27.4. The standard InChI is InChI=1S/C23H28Cl2N2O2/c1-14(2)26-23(29)17(5)27(13-19-20(24)7-6-8-21(19)25)22(28)12-18-10-9-15(3)16(4)11-18/h6-11,14,17H,12-13H2,1-5H3,(H,26,29). The third kappa shape index (κ3) is 6.22. The molecule has 0 aliphatic carbocycles. The Morgan fingerprint density at radius 1 is 1.00 bits per heavy atom. The lowest BCUT2D eigenvalue weighted by molar-refractivity contribution is -0.140. The van der Waals surface area contributed by atoms with E-state index < -0.39 is 6.04 Å². The maximum Gasteiger partial charge on any atom is 0.242 e. The predicted molar refractivity (Wildman–Crippen MR) is 119 cm³/mol. The molecule has 0 aliphatic rings. The Labute approximate surface area is 183 Å². The molecular weight excluding hydrogens is 407 g/mol. The van der Waals surface area contributed by atoms with E-state index >= 15 is 0 Å². The molecule has 0 bridgehead atoms. The summed E-state index contributed by atoms with van der Waals surface area (Å²) in [5.41, 5.74) is 3.84. The third-order valence-corrected chi connectivity index (χ3v) is 5.62. The molecule has 0 aromatic heterocycles. The van der Waals surface area contributed by atoms with Crippen molar-refractivity contribution in [2.45, 2.75) is 59.7 Å². The van der Waals surface area contributed by atoms with Crippen LogP contribution in [-0.2, 0) is 22.6 Å². The molecule has 29 heavy (non-hydrogen) atoms. The van der Waals surface area contributed by atoms with Crippen molar-refractivity contribution < 1.29 is 9.59 Å². The number of benzene rings is 2. The zero-order valence-corrected chi connectivity index (χ0v) is 19.1. The fourth-order valence-electron chi connectivity index (χ4n) is 3.03. The molecule has 0 heterocycles. The number of carbonyl (C=O) groups is 2. The highest BCUT2D eigenvalue weighted by molar-refractivity contribution is 6.36. The molecule has 2 rings (SSSR count). The number of rotatable bonds is 7. The second kappa shape index (κ2) is 10.1. The molecule has 2 amide bonds. The number of nitrogens with zero attached hydrogens (tertiary/aromatic N) is 1. The molecule has 4 nitrogen and oxygen atoms in total. The fraction of sp³-hybridized carbons (Fsp3) is 0.391. The largest absolute Gasteiger partial charge is 0.352 e. The van der Waals surface area contributed by atoms with Crippen LogP contribution in [0.15, 0.2) is 36.4 Å². The molecule has 1 N–H and O–H groups in total. The lowest BCUT2D eigenvalue weighted by Gasteiger charge is -2.30. The first kappa shape index (κ1) is 23.2. The van der Waals surface area contributed by atoms with Crippen molar-refractivity contribution in [2.75, 3.05) is 0 Å². The van der Waals surface area contributed by atoms with Gasteiger partial charge in [-0.25, -0.2) is 0 Å². The van der Waals surface area contributed by atoms with Crippen LogP contribution in [0.3, 0.4) is 0 Å². The summed E-state index contributed by atoms with van der Waals surface area (Å²) >= 11 is 12.6. The molecule has 2 aromatic carbocycles. The number of nitrogens with one attached hydrogen (secondary N) is 1. The first-order valence-electron chi connectivity index (χ1n) is 9.69. The quantitative estimate of drug-likeness (QED) is 0.658. The molecule has 0 saturated heterocycles. The van der Waals surface area contributed by atoms with E-state index in [1.54, 1.807) is 30.0 Å². The predicted octanol–water partition coefficient (Wildman–Crippen LogP) is 5.09. The van der Waals surface area contributed by atoms with Crippen LogP contribution in [0.1, 0.15) is 43.0 Å². The van der Waals surface area contributed by atoms with Crippen LogP contribution in [0.5, 0.6) is 0 Å². The number of hydrogen-bond acceptors (Lipinski definition) is 2. The van der Waals surface area contributed by atoms with E-state index in [0.717, 1.165) is 11.1 Å². The molecule has 1 atom stereocenters. The minimum absolute atomic E-state index is 0.0226. The fourth-order valence-corrected chi connectivity index (χ4v) is 3.55. The molecule has 0 saturated carbocycles. The lowest BCUT2D eigenvalue weighted by Crippen LogP contribution is -2.49. The Balaban J connectivity index is 2.33. The third-order valence-electron chi connectivity index (χ3n) is 4.92. The van der Waals surface area contributed by atoms with Crippen molar-refractivity contribution in [1.82, 2.24) is 10.2 Å². The highest BCUT2D eigenvalue weighted by Gasteiger charge is 2.27. The van der Waals surface area contributed by atoms with Gasteiger partial charge in [0.2, 0.25) is 11.8 Å². The van der Waals surface area contributed by atoms with Gasteiger partial charge >= 0.3 is 0 Å². The average molecular weight is 435 g/mol. The SMILES string of the molecule is Cc1ccc(CC(=O)N(Cc2c(Cl)cccc2Cl)C(C)C(=O)NC(C)C)cc1C. The molecule has 0 radical (unpaired) electrons. The summed E-state index contributed by atoms with van der Waals surface area (Å²) in [5.74, 6) is -0.368. The van der Waals surface area contributed by atoms with Crippen LogP contribution in [-0.4, -0.2) is 28.8 Å². The molecule has 1 unspecified atom stereocenters. The summed E-state index contributed by atoms with van der Waals surface area (Å²) < 4.78 is 0. The van der Waals surface area contributed by atoms with Gasteiger partial charge in [0, 0.05) is 28.2 Å². The number of halogens is 2. The van der Waals surface area contributed by atoms with E-state index in [-0.39, 0.29) is 30.8 Å². The molecule has 0 fully saturated rings. The summed E-state index contributed by atoms with van der Waals surface area (Å²) in [7, 11) is 0. The van der Waals surface area contributed by atoms with E-state index in [1.165, 1.54) is 5.56 Å². The highest BCUT2D eigenvalue weighted by atomic mass is 35.5. The Morgan fingerprint density at radius 3 is 2.17 bits per heavy atom. The second-order valence-corrected chi connectivity index (χ2v) is 8.47. The summed E-state index contributed by atoms with van der Waals surface area (Å²) in [5, 5.41) is 3.82. The van der Waals surface area contributed by atoms with Gasteiger partial charge in [0.05, 0.1) is 6.42 Å². The smallest absolute Gasteiger partial charge is 0.242 e. The van der Waals surface area contributed by atoms with Crippen LogP contribution < -0.4 is 5.32 Å². The van der Waals surface area contributed by atoms with Gasteiger partial charge in [-0.3, -0.25) is 9.59 Å². The Hall–Kier alpha value is -2.04. The van der Waals surface area contributed by atoms with Crippen molar-refractivity contribution in [3.63, 3.8) is 0 Å². The topological polar surface area (TPSA) is 49.4 Å². The molecular formula is C23H28Cl2N2O2. The zero-order valence-electron chi connectivity index (χ0n) is 17.6. The van der Waals surface area contributed by atoms with Gasteiger partial charge in [0.15, 0.2) is 0 Å². The van der Waals surface area contributed by atoms with Gasteiger partial charge in [-0.15, -0.1) is 0 Å². The monoisotopic (exact) mass is 434 g/mol. The average Bonchev–Trinajstić information content (AvgIpc) is 2.63. The van der Waals surface area contributed by atoms with Crippen molar-refractivity contribution >= 4 is 35.0 Å². The second-order valence-electron chi connectivity index (χ2n) is 7.66. The number of amides is 2. The summed E-state index contributed by atoms with van der Waals surface area (Å²) in [6.45, 7) is 9.71. The normalized spacial score (nSPS) is 12.0. The maximum absolute atomic E-state index is 13.2. The van der Waals surface area contributed by atoms with Crippen molar-refractivity contribution in [1.29, 1.82) is 0 Å². The first-order valence-corrected chi connectivity index (χ1v) is 10.4. The Morgan fingerprint density at radius 2 is 1.62 bits per heavy atom. The van der Waals surface area contributed by atoms with Crippen LogP contribution in [0, 0.1) is 13.8 Å². The molecule has 6 heteroatoms. The summed E-state index contributed by atoms with van der Waals surface area (Å²) in [6.07, 6.45) is 0.197. The van der Waals surface area contributed by atoms with Crippen molar-refractivity contribution in [3.8, 4) is 0 Å². The molecule has 156 valence electrons. The van der Waals surface area contributed by atoms with Gasteiger partial charge in [-0.05, 0) is 63.4 Å². The van der Waals surface area contributed by atoms with E-state index in [0.29, 0.717) is 15.6 Å². The molecule has 2 aromatic rings. The van der Waals surface area contributed by atoms with Crippen LogP contribution >= 0.6 is 23.2 Å². The van der Waals surface area contributed by atoms with Crippen LogP contribution in [0.2, 0.25) is 10.0 Å².